The Morgan fingerprint density at radius 1 is 1.03 bits per heavy atom. The first-order chi connectivity index (χ1) is 15.2. The SMILES string of the molecule is CCc1cccc(-n2nnc(C(=O)NCc3ccc(SC)cc3)c2-c2ccncc2)c1. The van der Waals surface area contributed by atoms with Crippen molar-refractivity contribution in [3.8, 4) is 16.9 Å². The zero-order valence-electron chi connectivity index (χ0n) is 17.4. The number of carbonyl (C=O) groups excluding carboxylic acids is 1. The highest BCUT2D eigenvalue weighted by Crippen LogP contribution is 2.25. The lowest BCUT2D eigenvalue weighted by molar-refractivity contribution is 0.0946. The van der Waals surface area contributed by atoms with Gasteiger partial charge in [0.15, 0.2) is 5.69 Å². The molecule has 2 aromatic carbocycles. The molecular formula is C24H23N5OS. The van der Waals surface area contributed by atoms with E-state index in [0.717, 1.165) is 23.2 Å². The maximum atomic E-state index is 13.1. The molecule has 1 amide bonds. The molecule has 0 fully saturated rings. The van der Waals surface area contributed by atoms with Crippen LogP contribution in [0.25, 0.3) is 16.9 Å². The van der Waals surface area contributed by atoms with Gasteiger partial charge in [-0.1, -0.05) is 36.4 Å². The molecule has 4 rings (SSSR count). The summed E-state index contributed by atoms with van der Waals surface area (Å²) < 4.78 is 1.72. The molecule has 0 saturated heterocycles. The van der Waals surface area contributed by atoms with E-state index >= 15 is 0 Å². The van der Waals surface area contributed by atoms with Crippen molar-refractivity contribution in [3.05, 3.63) is 89.9 Å². The van der Waals surface area contributed by atoms with E-state index in [-0.39, 0.29) is 11.6 Å². The average molecular weight is 430 g/mol. The second-order valence-electron chi connectivity index (χ2n) is 6.99. The maximum absolute atomic E-state index is 13.1. The van der Waals surface area contributed by atoms with Crippen LogP contribution in [0.15, 0.2) is 78.0 Å². The van der Waals surface area contributed by atoms with Crippen LogP contribution in [-0.4, -0.2) is 32.1 Å². The number of rotatable bonds is 7. The van der Waals surface area contributed by atoms with Gasteiger partial charge in [0.1, 0.15) is 5.69 Å². The minimum absolute atomic E-state index is 0.265. The van der Waals surface area contributed by atoms with Crippen molar-refractivity contribution in [1.82, 2.24) is 25.3 Å². The predicted octanol–water partition coefficient (Wildman–Crippen LogP) is 4.54. The molecule has 31 heavy (non-hydrogen) atoms. The standard InChI is InChI=1S/C24H23N5OS/c1-3-17-5-4-6-20(15-17)29-23(19-11-13-25-14-12-19)22(27-28-29)24(30)26-16-18-7-9-21(31-2)10-8-18/h4-15H,3,16H2,1-2H3,(H,26,30). The molecule has 0 aliphatic rings. The zero-order valence-corrected chi connectivity index (χ0v) is 18.3. The Balaban J connectivity index is 1.66. The molecule has 2 heterocycles. The van der Waals surface area contributed by atoms with E-state index in [1.807, 2.05) is 54.8 Å². The number of thioether (sulfide) groups is 1. The first kappa shape index (κ1) is 20.8. The van der Waals surface area contributed by atoms with E-state index in [0.29, 0.717) is 12.2 Å². The van der Waals surface area contributed by atoms with Gasteiger partial charge in [-0.15, -0.1) is 16.9 Å². The van der Waals surface area contributed by atoms with Crippen LogP contribution >= 0.6 is 11.8 Å². The molecule has 0 aliphatic carbocycles. The molecule has 0 aliphatic heterocycles. The lowest BCUT2D eigenvalue weighted by atomic mass is 10.1. The number of hydrogen-bond donors (Lipinski definition) is 1. The summed E-state index contributed by atoms with van der Waals surface area (Å²) in [5.41, 5.74) is 4.84. The van der Waals surface area contributed by atoms with E-state index in [2.05, 4.69) is 39.7 Å². The van der Waals surface area contributed by atoms with Crippen LogP contribution < -0.4 is 5.32 Å². The van der Waals surface area contributed by atoms with Gasteiger partial charge in [-0.05, 0) is 60.2 Å². The van der Waals surface area contributed by atoms with Gasteiger partial charge < -0.3 is 5.32 Å². The van der Waals surface area contributed by atoms with Gasteiger partial charge in [-0.3, -0.25) is 9.78 Å². The highest BCUT2D eigenvalue weighted by atomic mass is 32.2. The first-order valence-electron chi connectivity index (χ1n) is 10.1. The number of pyridine rings is 1. The van der Waals surface area contributed by atoms with Gasteiger partial charge in [-0.25, -0.2) is 4.68 Å². The van der Waals surface area contributed by atoms with Crippen LogP contribution in [-0.2, 0) is 13.0 Å². The lowest BCUT2D eigenvalue weighted by Gasteiger charge is -2.10. The van der Waals surface area contributed by atoms with Gasteiger partial charge in [0.05, 0.1) is 5.69 Å². The molecular weight excluding hydrogens is 406 g/mol. The van der Waals surface area contributed by atoms with Crippen molar-refractivity contribution < 1.29 is 4.79 Å². The van der Waals surface area contributed by atoms with Crippen molar-refractivity contribution in [3.63, 3.8) is 0 Å². The molecule has 6 nitrogen and oxygen atoms in total. The number of aromatic nitrogens is 4. The number of hydrogen-bond acceptors (Lipinski definition) is 5. The van der Waals surface area contributed by atoms with Crippen LogP contribution in [0.2, 0.25) is 0 Å². The van der Waals surface area contributed by atoms with Gasteiger partial charge in [0.2, 0.25) is 0 Å². The summed E-state index contributed by atoms with van der Waals surface area (Å²) in [6.07, 6.45) is 6.35. The van der Waals surface area contributed by atoms with Crippen LogP contribution in [0.3, 0.4) is 0 Å². The third kappa shape index (κ3) is 4.67. The number of nitrogens with zero attached hydrogens (tertiary/aromatic N) is 4. The normalized spacial score (nSPS) is 10.8. The molecule has 0 spiro atoms. The van der Waals surface area contributed by atoms with Gasteiger partial charge in [-0.2, -0.15) is 0 Å². The second kappa shape index (κ2) is 9.57. The number of amides is 1. The first-order valence-corrected chi connectivity index (χ1v) is 11.3. The highest BCUT2D eigenvalue weighted by molar-refractivity contribution is 7.98. The number of aryl methyl sites for hydroxylation is 1. The lowest BCUT2D eigenvalue weighted by Crippen LogP contribution is -2.24. The molecule has 0 bridgehead atoms. The largest absolute Gasteiger partial charge is 0.346 e. The fraction of sp³-hybridized carbons (Fsp3) is 0.167. The van der Waals surface area contributed by atoms with Crippen molar-refractivity contribution in [2.75, 3.05) is 6.26 Å². The van der Waals surface area contributed by atoms with Gasteiger partial charge in [0.25, 0.3) is 5.91 Å². The van der Waals surface area contributed by atoms with Crippen LogP contribution in [0.5, 0.6) is 0 Å². The molecule has 0 saturated carbocycles. The molecule has 0 unspecified atom stereocenters. The molecule has 1 N–H and O–H groups in total. The Morgan fingerprint density at radius 3 is 2.52 bits per heavy atom. The minimum Gasteiger partial charge on any atom is -0.346 e. The topological polar surface area (TPSA) is 72.7 Å². The summed E-state index contributed by atoms with van der Waals surface area (Å²) in [5, 5.41) is 11.5. The average Bonchev–Trinajstić information content (AvgIpc) is 3.29. The van der Waals surface area contributed by atoms with Crippen LogP contribution in [0, 0.1) is 0 Å². The fourth-order valence-corrected chi connectivity index (χ4v) is 3.71. The summed E-state index contributed by atoms with van der Waals surface area (Å²) in [5.74, 6) is -0.265. The number of nitrogens with one attached hydrogen (secondary N) is 1. The van der Waals surface area contributed by atoms with E-state index in [1.165, 1.54) is 10.5 Å². The summed E-state index contributed by atoms with van der Waals surface area (Å²) in [6.45, 7) is 2.52. The maximum Gasteiger partial charge on any atom is 0.274 e. The molecule has 7 heteroatoms. The van der Waals surface area contributed by atoms with E-state index in [4.69, 9.17) is 0 Å². The molecule has 0 atom stereocenters. The molecule has 4 aromatic rings. The van der Waals surface area contributed by atoms with Crippen molar-refractivity contribution in [2.24, 2.45) is 0 Å². The zero-order chi connectivity index (χ0) is 21.6. The Morgan fingerprint density at radius 2 is 1.81 bits per heavy atom. The van der Waals surface area contributed by atoms with Gasteiger partial charge in [0, 0.05) is 29.4 Å². The monoisotopic (exact) mass is 429 g/mol. The van der Waals surface area contributed by atoms with Gasteiger partial charge >= 0.3 is 0 Å². The van der Waals surface area contributed by atoms with Crippen molar-refractivity contribution in [2.45, 2.75) is 24.8 Å². The number of carbonyl (C=O) groups is 1. The van der Waals surface area contributed by atoms with Crippen LogP contribution in [0.1, 0.15) is 28.5 Å². The molecule has 2 aromatic heterocycles. The van der Waals surface area contributed by atoms with E-state index < -0.39 is 0 Å². The van der Waals surface area contributed by atoms with Crippen molar-refractivity contribution >= 4 is 17.7 Å². The minimum atomic E-state index is -0.265. The third-order valence-electron chi connectivity index (χ3n) is 5.01. The Bertz CT molecular complexity index is 1170. The summed E-state index contributed by atoms with van der Waals surface area (Å²) in [7, 11) is 0. The van der Waals surface area contributed by atoms with E-state index in [9.17, 15) is 4.79 Å². The Hall–Kier alpha value is -3.45. The molecule has 0 radical (unpaired) electrons. The highest BCUT2D eigenvalue weighted by Gasteiger charge is 2.22. The van der Waals surface area contributed by atoms with Crippen molar-refractivity contribution in [1.29, 1.82) is 0 Å². The summed E-state index contributed by atoms with van der Waals surface area (Å²) in [4.78, 5) is 18.3. The fourth-order valence-electron chi connectivity index (χ4n) is 3.30. The Labute approximate surface area is 185 Å². The third-order valence-corrected chi connectivity index (χ3v) is 5.76. The molecule has 156 valence electrons. The smallest absolute Gasteiger partial charge is 0.274 e. The quantitative estimate of drug-likeness (QED) is 0.437. The second-order valence-corrected chi connectivity index (χ2v) is 7.87. The predicted molar refractivity (Wildman–Crippen MR) is 123 cm³/mol. The van der Waals surface area contributed by atoms with E-state index in [1.54, 1.807) is 28.8 Å². The summed E-state index contributed by atoms with van der Waals surface area (Å²) >= 11 is 1.69. The Kier molecular flexibility index (Phi) is 6.43. The summed E-state index contributed by atoms with van der Waals surface area (Å²) in [6, 6.07) is 19.9. The van der Waals surface area contributed by atoms with Crippen LogP contribution in [0.4, 0.5) is 0 Å². The number of benzene rings is 2.